The standard InChI is InChI=1S/C13H15ClN2O/c1-8(2)6-16-13(17)11-7-15-12-5-9(14)3-4-10(11)12/h3-5,7-8,15H,6H2,1-2H3,(H,16,17). The van der Waals surface area contributed by atoms with Gasteiger partial charge in [-0.2, -0.15) is 0 Å². The van der Waals surface area contributed by atoms with Crippen LogP contribution in [0.15, 0.2) is 24.4 Å². The molecule has 0 saturated heterocycles. The molecule has 0 fully saturated rings. The van der Waals surface area contributed by atoms with Gasteiger partial charge in [-0.15, -0.1) is 0 Å². The minimum Gasteiger partial charge on any atom is -0.360 e. The predicted molar refractivity (Wildman–Crippen MR) is 70.5 cm³/mol. The van der Waals surface area contributed by atoms with Crippen molar-refractivity contribution in [1.29, 1.82) is 0 Å². The summed E-state index contributed by atoms with van der Waals surface area (Å²) in [6, 6.07) is 5.46. The van der Waals surface area contributed by atoms with Gasteiger partial charge in [0.05, 0.1) is 5.56 Å². The topological polar surface area (TPSA) is 44.9 Å². The molecule has 1 heterocycles. The molecule has 0 aliphatic heterocycles. The van der Waals surface area contributed by atoms with Gasteiger partial charge in [0.25, 0.3) is 5.91 Å². The summed E-state index contributed by atoms with van der Waals surface area (Å²) in [5, 5.41) is 4.46. The Morgan fingerprint density at radius 1 is 1.47 bits per heavy atom. The Labute approximate surface area is 105 Å². The fraction of sp³-hybridized carbons (Fsp3) is 0.308. The fourth-order valence-corrected chi connectivity index (χ4v) is 1.85. The predicted octanol–water partition coefficient (Wildman–Crippen LogP) is 3.21. The Bertz CT molecular complexity index is 545. The molecule has 0 bridgehead atoms. The average Bonchev–Trinajstić information content (AvgIpc) is 2.68. The molecule has 2 N–H and O–H groups in total. The van der Waals surface area contributed by atoms with Crippen LogP contribution in [0.3, 0.4) is 0 Å². The third-order valence-electron chi connectivity index (χ3n) is 2.56. The molecule has 1 amide bonds. The second-order valence-corrected chi connectivity index (χ2v) is 4.93. The number of nitrogens with one attached hydrogen (secondary N) is 2. The number of amides is 1. The van der Waals surface area contributed by atoms with E-state index in [4.69, 9.17) is 11.6 Å². The second kappa shape index (κ2) is 4.80. The van der Waals surface area contributed by atoms with Gasteiger partial charge in [0.2, 0.25) is 0 Å². The van der Waals surface area contributed by atoms with Crippen molar-refractivity contribution in [3.63, 3.8) is 0 Å². The van der Waals surface area contributed by atoms with Crippen LogP contribution in [0.4, 0.5) is 0 Å². The lowest BCUT2D eigenvalue weighted by molar-refractivity contribution is 0.0950. The molecule has 3 nitrogen and oxygen atoms in total. The first kappa shape index (κ1) is 12.0. The summed E-state index contributed by atoms with van der Waals surface area (Å²) < 4.78 is 0. The molecule has 4 heteroatoms. The zero-order valence-electron chi connectivity index (χ0n) is 9.88. The van der Waals surface area contributed by atoms with Crippen molar-refractivity contribution in [2.24, 2.45) is 5.92 Å². The SMILES string of the molecule is CC(C)CNC(=O)c1c[nH]c2cc(Cl)ccc12. The lowest BCUT2D eigenvalue weighted by Crippen LogP contribution is -2.27. The van der Waals surface area contributed by atoms with Crippen LogP contribution in [0, 0.1) is 5.92 Å². The third kappa shape index (κ3) is 2.61. The van der Waals surface area contributed by atoms with Gasteiger partial charge in [-0.3, -0.25) is 4.79 Å². The molecule has 1 aromatic carbocycles. The molecule has 0 aliphatic rings. The van der Waals surface area contributed by atoms with E-state index in [0.717, 1.165) is 10.9 Å². The van der Waals surface area contributed by atoms with Crippen LogP contribution in [-0.2, 0) is 0 Å². The van der Waals surface area contributed by atoms with E-state index in [1.807, 2.05) is 12.1 Å². The van der Waals surface area contributed by atoms with E-state index in [2.05, 4.69) is 24.1 Å². The number of hydrogen-bond donors (Lipinski definition) is 2. The van der Waals surface area contributed by atoms with E-state index in [1.165, 1.54) is 0 Å². The highest BCUT2D eigenvalue weighted by atomic mass is 35.5. The van der Waals surface area contributed by atoms with Crippen molar-refractivity contribution in [2.45, 2.75) is 13.8 Å². The van der Waals surface area contributed by atoms with E-state index in [-0.39, 0.29) is 5.91 Å². The molecule has 0 radical (unpaired) electrons. The minimum atomic E-state index is -0.0488. The summed E-state index contributed by atoms with van der Waals surface area (Å²) in [6.45, 7) is 4.81. The molecule has 0 saturated carbocycles. The van der Waals surface area contributed by atoms with E-state index < -0.39 is 0 Å². The van der Waals surface area contributed by atoms with Crippen LogP contribution in [0.1, 0.15) is 24.2 Å². The molecule has 0 atom stereocenters. The maximum Gasteiger partial charge on any atom is 0.253 e. The smallest absolute Gasteiger partial charge is 0.253 e. The summed E-state index contributed by atoms with van der Waals surface area (Å²) in [5.41, 5.74) is 1.55. The number of carbonyl (C=O) groups excluding carboxylic acids is 1. The summed E-state index contributed by atoms with van der Waals surface area (Å²) in [5.74, 6) is 0.394. The highest BCUT2D eigenvalue weighted by Gasteiger charge is 2.11. The molecule has 2 aromatic rings. The van der Waals surface area contributed by atoms with Crippen LogP contribution >= 0.6 is 11.6 Å². The molecular weight excluding hydrogens is 236 g/mol. The van der Waals surface area contributed by atoms with Gasteiger partial charge in [0.1, 0.15) is 0 Å². The van der Waals surface area contributed by atoms with Crippen molar-refractivity contribution in [3.05, 3.63) is 35.0 Å². The molecule has 2 rings (SSSR count). The number of hydrogen-bond acceptors (Lipinski definition) is 1. The quantitative estimate of drug-likeness (QED) is 0.863. The van der Waals surface area contributed by atoms with Crippen molar-refractivity contribution in [3.8, 4) is 0 Å². The van der Waals surface area contributed by atoms with Crippen molar-refractivity contribution < 1.29 is 4.79 Å². The highest BCUT2D eigenvalue weighted by molar-refractivity contribution is 6.31. The monoisotopic (exact) mass is 250 g/mol. The molecule has 0 unspecified atom stereocenters. The third-order valence-corrected chi connectivity index (χ3v) is 2.79. The van der Waals surface area contributed by atoms with E-state index >= 15 is 0 Å². The Morgan fingerprint density at radius 2 is 2.24 bits per heavy atom. The van der Waals surface area contributed by atoms with Gasteiger partial charge in [0.15, 0.2) is 0 Å². The summed E-state index contributed by atoms with van der Waals surface area (Å²) >= 11 is 5.89. The van der Waals surface area contributed by atoms with E-state index in [1.54, 1.807) is 12.3 Å². The first-order valence-corrected chi connectivity index (χ1v) is 6.00. The maximum atomic E-state index is 11.9. The fourth-order valence-electron chi connectivity index (χ4n) is 1.68. The molecule has 17 heavy (non-hydrogen) atoms. The molecule has 0 spiro atoms. The average molecular weight is 251 g/mol. The number of fused-ring (bicyclic) bond motifs is 1. The van der Waals surface area contributed by atoms with Crippen molar-refractivity contribution in [1.82, 2.24) is 10.3 Å². The summed E-state index contributed by atoms with van der Waals surface area (Å²) in [7, 11) is 0. The van der Waals surface area contributed by atoms with Gasteiger partial charge in [-0.05, 0) is 18.1 Å². The number of aromatic amines is 1. The van der Waals surface area contributed by atoms with E-state index in [9.17, 15) is 4.79 Å². The number of rotatable bonds is 3. The Kier molecular flexibility index (Phi) is 3.38. The van der Waals surface area contributed by atoms with Gasteiger partial charge in [0, 0.05) is 28.7 Å². The van der Waals surface area contributed by atoms with Crippen LogP contribution in [-0.4, -0.2) is 17.4 Å². The number of benzene rings is 1. The maximum absolute atomic E-state index is 11.9. The zero-order valence-corrected chi connectivity index (χ0v) is 10.6. The summed E-state index contributed by atoms with van der Waals surface area (Å²) in [4.78, 5) is 15.0. The lowest BCUT2D eigenvalue weighted by Gasteiger charge is -2.06. The minimum absolute atomic E-state index is 0.0488. The van der Waals surface area contributed by atoms with Gasteiger partial charge in [-0.25, -0.2) is 0 Å². The second-order valence-electron chi connectivity index (χ2n) is 4.50. The Morgan fingerprint density at radius 3 is 2.94 bits per heavy atom. The molecule has 90 valence electrons. The lowest BCUT2D eigenvalue weighted by atomic mass is 10.1. The van der Waals surface area contributed by atoms with Crippen molar-refractivity contribution >= 4 is 28.4 Å². The number of carbonyl (C=O) groups is 1. The molecule has 0 aliphatic carbocycles. The Balaban J connectivity index is 2.27. The zero-order chi connectivity index (χ0) is 12.4. The number of H-pyrrole nitrogens is 1. The normalized spacial score (nSPS) is 11.1. The molecular formula is C13H15ClN2O. The van der Waals surface area contributed by atoms with Crippen LogP contribution in [0.5, 0.6) is 0 Å². The largest absolute Gasteiger partial charge is 0.360 e. The van der Waals surface area contributed by atoms with Crippen LogP contribution < -0.4 is 5.32 Å². The summed E-state index contributed by atoms with van der Waals surface area (Å²) in [6.07, 6.45) is 1.72. The van der Waals surface area contributed by atoms with Crippen molar-refractivity contribution in [2.75, 3.05) is 6.54 Å². The van der Waals surface area contributed by atoms with Gasteiger partial charge in [-0.1, -0.05) is 31.5 Å². The van der Waals surface area contributed by atoms with Crippen LogP contribution in [0.25, 0.3) is 10.9 Å². The number of halogens is 1. The Hall–Kier alpha value is -1.48. The van der Waals surface area contributed by atoms with Gasteiger partial charge < -0.3 is 10.3 Å². The highest BCUT2D eigenvalue weighted by Crippen LogP contribution is 2.21. The van der Waals surface area contributed by atoms with Gasteiger partial charge >= 0.3 is 0 Å². The number of aromatic nitrogens is 1. The molecule has 1 aromatic heterocycles. The van der Waals surface area contributed by atoms with E-state index in [0.29, 0.717) is 23.0 Å². The first-order valence-electron chi connectivity index (χ1n) is 5.62. The van der Waals surface area contributed by atoms with Crippen LogP contribution in [0.2, 0.25) is 5.02 Å². The first-order chi connectivity index (χ1) is 8.08.